The zero-order valence-electron chi connectivity index (χ0n) is 14.5. The van der Waals surface area contributed by atoms with Gasteiger partial charge in [-0.3, -0.25) is 9.59 Å². The van der Waals surface area contributed by atoms with Gasteiger partial charge in [0, 0.05) is 44.3 Å². The molecular formula is C17H31N3O2S. The Morgan fingerprint density at radius 1 is 1.09 bits per heavy atom. The molecule has 1 aliphatic heterocycles. The molecule has 2 N–H and O–H groups in total. The second kappa shape index (κ2) is 9.52. The van der Waals surface area contributed by atoms with Gasteiger partial charge in [-0.25, -0.2) is 0 Å². The summed E-state index contributed by atoms with van der Waals surface area (Å²) in [5, 5.41) is 6.46. The average Bonchev–Trinajstić information content (AvgIpc) is 2.99. The van der Waals surface area contributed by atoms with Crippen molar-refractivity contribution in [2.24, 2.45) is 11.8 Å². The summed E-state index contributed by atoms with van der Waals surface area (Å²) in [5.41, 5.74) is 0. The van der Waals surface area contributed by atoms with Crippen LogP contribution in [0.3, 0.4) is 0 Å². The van der Waals surface area contributed by atoms with Crippen molar-refractivity contribution in [2.75, 3.05) is 39.0 Å². The first kappa shape index (κ1) is 18.6. The number of hydrogen-bond acceptors (Lipinski definition) is 4. The SMILES string of the molecule is CSC1CCN(CC2CCC(C(=O)NCCNC(C)=O)CC2)C1. The van der Waals surface area contributed by atoms with Gasteiger partial charge in [0.2, 0.25) is 11.8 Å². The standard InChI is InChI=1S/C17H31N3O2S/c1-13(21)18-8-9-19-17(22)15-5-3-14(4-6-15)11-20-10-7-16(12-20)23-2/h14-16H,3-12H2,1-2H3,(H,18,21)(H,19,22). The second-order valence-electron chi connectivity index (χ2n) is 6.90. The number of thioether (sulfide) groups is 1. The average molecular weight is 342 g/mol. The normalized spacial score (nSPS) is 28.5. The van der Waals surface area contributed by atoms with Gasteiger partial charge in [-0.05, 0) is 50.8 Å². The minimum atomic E-state index is -0.0506. The fourth-order valence-corrected chi connectivity index (χ4v) is 4.40. The molecule has 1 saturated carbocycles. The number of likely N-dealkylation sites (tertiary alicyclic amines) is 1. The number of rotatable bonds is 7. The van der Waals surface area contributed by atoms with Crippen LogP contribution in [0.1, 0.15) is 39.0 Å². The fraction of sp³-hybridized carbons (Fsp3) is 0.882. The maximum Gasteiger partial charge on any atom is 0.223 e. The Kier molecular flexibility index (Phi) is 7.70. The first-order chi connectivity index (χ1) is 11.1. The van der Waals surface area contributed by atoms with E-state index in [9.17, 15) is 9.59 Å². The number of hydrogen-bond donors (Lipinski definition) is 2. The molecule has 0 bridgehead atoms. The van der Waals surface area contributed by atoms with E-state index in [4.69, 9.17) is 0 Å². The van der Waals surface area contributed by atoms with Crippen molar-refractivity contribution < 1.29 is 9.59 Å². The zero-order valence-corrected chi connectivity index (χ0v) is 15.3. The van der Waals surface area contributed by atoms with E-state index >= 15 is 0 Å². The second-order valence-corrected chi connectivity index (χ2v) is 8.04. The van der Waals surface area contributed by atoms with E-state index in [1.807, 2.05) is 11.8 Å². The number of carbonyl (C=O) groups is 2. The summed E-state index contributed by atoms with van der Waals surface area (Å²) >= 11 is 1.99. The van der Waals surface area contributed by atoms with Gasteiger partial charge in [0.05, 0.1) is 0 Å². The van der Waals surface area contributed by atoms with E-state index in [0.717, 1.165) is 24.0 Å². The summed E-state index contributed by atoms with van der Waals surface area (Å²) in [4.78, 5) is 25.5. The van der Waals surface area contributed by atoms with Gasteiger partial charge in [-0.1, -0.05) is 0 Å². The van der Waals surface area contributed by atoms with Crippen LogP contribution in [0.4, 0.5) is 0 Å². The van der Waals surface area contributed by atoms with Crippen LogP contribution >= 0.6 is 11.8 Å². The monoisotopic (exact) mass is 341 g/mol. The number of nitrogens with one attached hydrogen (secondary N) is 2. The summed E-state index contributed by atoms with van der Waals surface area (Å²) < 4.78 is 0. The Bertz CT molecular complexity index is 397. The van der Waals surface area contributed by atoms with Crippen molar-refractivity contribution >= 4 is 23.6 Å². The molecule has 1 atom stereocenters. The van der Waals surface area contributed by atoms with Gasteiger partial charge in [-0.15, -0.1) is 0 Å². The summed E-state index contributed by atoms with van der Waals surface area (Å²) in [6.07, 6.45) is 7.90. The third-order valence-corrected chi connectivity index (χ3v) is 6.15. The van der Waals surface area contributed by atoms with E-state index in [2.05, 4.69) is 21.8 Å². The highest BCUT2D eigenvalue weighted by molar-refractivity contribution is 7.99. The van der Waals surface area contributed by atoms with Gasteiger partial charge < -0.3 is 15.5 Å². The fourth-order valence-electron chi connectivity index (χ4n) is 3.70. The molecule has 2 fully saturated rings. The Morgan fingerprint density at radius 2 is 1.78 bits per heavy atom. The Morgan fingerprint density at radius 3 is 2.39 bits per heavy atom. The lowest BCUT2D eigenvalue weighted by Crippen LogP contribution is -2.39. The molecule has 1 saturated heterocycles. The van der Waals surface area contributed by atoms with E-state index in [1.54, 1.807) is 0 Å². The maximum atomic E-state index is 12.1. The highest BCUT2D eigenvalue weighted by Crippen LogP contribution is 2.31. The molecule has 0 aromatic carbocycles. The third kappa shape index (κ3) is 6.34. The van der Waals surface area contributed by atoms with Crippen LogP contribution in [-0.2, 0) is 9.59 Å². The summed E-state index contributed by atoms with van der Waals surface area (Å²) in [5.74, 6) is 1.04. The van der Waals surface area contributed by atoms with Crippen molar-refractivity contribution in [2.45, 2.75) is 44.3 Å². The smallest absolute Gasteiger partial charge is 0.223 e. The molecule has 0 aromatic heterocycles. The first-order valence-electron chi connectivity index (χ1n) is 8.85. The van der Waals surface area contributed by atoms with Crippen molar-refractivity contribution in [1.82, 2.24) is 15.5 Å². The van der Waals surface area contributed by atoms with Crippen LogP contribution in [0.15, 0.2) is 0 Å². The highest BCUT2D eigenvalue weighted by Gasteiger charge is 2.29. The first-order valence-corrected chi connectivity index (χ1v) is 10.1. The van der Waals surface area contributed by atoms with Gasteiger partial charge in [0.25, 0.3) is 0 Å². The molecule has 23 heavy (non-hydrogen) atoms. The van der Waals surface area contributed by atoms with E-state index in [0.29, 0.717) is 13.1 Å². The van der Waals surface area contributed by atoms with Crippen LogP contribution in [-0.4, -0.2) is 60.9 Å². The number of carbonyl (C=O) groups excluding carboxylic acids is 2. The predicted molar refractivity (Wildman–Crippen MR) is 95.5 cm³/mol. The van der Waals surface area contributed by atoms with E-state index in [1.165, 1.54) is 45.8 Å². The Hall–Kier alpha value is -0.750. The van der Waals surface area contributed by atoms with Crippen LogP contribution in [0.5, 0.6) is 0 Å². The molecule has 5 nitrogen and oxygen atoms in total. The highest BCUT2D eigenvalue weighted by atomic mass is 32.2. The third-order valence-electron chi connectivity index (χ3n) is 5.09. The van der Waals surface area contributed by atoms with Crippen LogP contribution < -0.4 is 10.6 Å². The topological polar surface area (TPSA) is 61.4 Å². The molecule has 2 aliphatic rings. The predicted octanol–water partition coefficient (Wildman–Crippen LogP) is 1.48. The van der Waals surface area contributed by atoms with E-state index in [-0.39, 0.29) is 17.7 Å². The quantitative estimate of drug-likeness (QED) is 0.689. The van der Waals surface area contributed by atoms with Crippen molar-refractivity contribution in [3.63, 3.8) is 0 Å². The molecule has 2 rings (SSSR count). The van der Waals surface area contributed by atoms with Gasteiger partial charge in [0.15, 0.2) is 0 Å². The van der Waals surface area contributed by atoms with Gasteiger partial charge in [-0.2, -0.15) is 11.8 Å². The molecule has 132 valence electrons. The van der Waals surface area contributed by atoms with Crippen LogP contribution in [0.2, 0.25) is 0 Å². The van der Waals surface area contributed by atoms with Crippen molar-refractivity contribution in [1.29, 1.82) is 0 Å². The Balaban J connectivity index is 1.60. The molecule has 6 heteroatoms. The lowest BCUT2D eigenvalue weighted by atomic mass is 9.81. The molecule has 1 unspecified atom stereocenters. The van der Waals surface area contributed by atoms with E-state index < -0.39 is 0 Å². The zero-order chi connectivity index (χ0) is 16.7. The van der Waals surface area contributed by atoms with Crippen LogP contribution in [0, 0.1) is 11.8 Å². The molecule has 0 aromatic rings. The lowest BCUT2D eigenvalue weighted by Gasteiger charge is -2.30. The molecule has 2 amide bonds. The summed E-state index contributed by atoms with van der Waals surface area (Å²) in [6.45, 7) is 6.24. The van der Waals surface area contributed by atoms with Crippen molar-refractivity contribution in [3.05, 3.63) is 0 Å². The van der Waals surface area contributed by atoms with Crippen LogP contribution in [0.25, 0.3) is 0 Å². The van der Waals surface area contributed by atoms with Gasteiger partial charge in [0.1, 0.15) is 0 Å². The van der Waals surface area contributed by atoms with Crippen molar-refractivity contribution in [3.8, 4) is 0 Å². The molecule has 0 spiro atoms. The summed E-state index contributed by atoms with van der Waals surface area (Å²) in [7, 11) is 0. The lowest BCUT2D eigenvalue weighted by molar-refractivity contribution is -0.126. The molecular weight excluding hydrogens is 310 g/mol. The summed E-state index contributed by atoms with van der Waals surface area (Å²) in [6, 6.07) is 0. The maximum absolute atomic E-state index is 12.1. The number of amides is 2. The number of nitrogens with zero attached hydrogens (tertiary/aromatic N) is 1. The Labute approximate surface area is 144 Å². The largest absolute Gasteiger partial charge is 0.355 e. The molecule has 0 radical (unpaired) electrons. The minimum absolute atomic E-state index is 0.0506. The molecule has 1 aliphatic carbocycles. The minimum Gasteiger partial charge on any atom is -0.355 e. The van der Waals surface area contributed by atoms with Gasteiger partial charge >= 0.3 is 0 Å². The molecule has 1 heterocycles.